The zero-order chi connectivity index (χ0) is 16.9. The van der Waals surface area contributed by atoms with E-state index in [1.807, 2.05) is 0 Å². The van der Waals surface area contributed by atoms with Gasteiger partial charge in [-0.1, -0.05) is 76.4 Å². The zero-order valence-corrected chi connectivity index (χ0v) is 15.7. The fraction of sp³-hybridized carbons (Fsp3) is 0.500. The van der Waals surface area contributed by atoms with E-state index in [2.05, 4.69) is 57.2 Å². The van der Waals surface area contributed by atoms with Gasteiger partial charge in [0.25, 0.3) is 0 Å². The lowest BCUT2D eigenvalue weighted by molar-refractivity contribution is 0.443. The lowest BCUT2D eigenvalue weighted by atomic mass is 9.82. The van der Waals surface area contributed by atoms with Gasteiger partial charge in [0.1, 0.15) is 0 Å². The molecule has 1 aliphatic carbocycles. The first-order chi connectivity index (χ1) is 11.8. The number of hydrogen-bond donors (Lipinski definition) is 0. The maximum Gasteiger partial charge on any atom is -0.0152 e. The highest BCUT2D eigenvalue weighted by atomic mass is 14.2. The van der Waals surface area contributed by atoms with E-state index in [9.17, 15) is 0 Å². The fourth-order valence-corrected chi connectivity index (χ4v) is 4.35. The van der Waals surface area contributed by atoms with E-state index in [1.165, 1.54) is 59.9 Å². The molecule has 0 heteroatoms. The summed E-state index contributed by atoms with van der Waals surface area (Å²) in [6.45, 7) is 6.82. The van der Waals surface area contributed by atoms with E-state index in [4.69, 9.17) is 0 Å². The molecule has 2 aromatic carbocycles. The van der Waals surface area contributed by atoms with Crippen LogP contribution < -0.4 is 0 Å². The Labute approximate surface area is 148 Å². The van der Waals surface area contributed by atoms with Gasteiger partial charge in [-0.05, 0) is 71.4 Å². The normalized spacial score (nSPS) is 15.6. The summed E-state index contributed by atoms with van der Waals surface area (Å²) < 4.78 is 0. The molecule has 0 aromatic heterocycles. The molecule has 0 spiro atoms. The number of aryl methyl sites for hydroxylation is 3. The Kier molecular flexibility index (Phi) is 5.76. The van der Waals surface area contributed by atoms with E-state index in [-0.39, 0.29) is 0 Å². The molecule has 3 rings (SSSR count). The van der Waals surface area contributed by atoms with Gasteiger partial charge >= 0.3 is 0 Å². The second-order valence-corrected chi connectivity index (χ2v) is 7.30. The quantitative estimate of drug-likeness (QED) is 0.551. The predicted molar refractivity (Wildman–Crippen MR) is 106 cm³/mol. The average molecular weight is 321 g/mol. The van der Waals surface area contributed by atoms with Crippen LogP contribution in [0.2, 0.25) is 0 Å². The van der Waals surface area contributed by atoms with Crippen molar-refractivity contribution in [3.8, 4) is 11.1 Å². The van der Waals surface area contributed by atoms with Crippen LogP contribution in [0.5, 0.6) is 0 Å². The Morgan fingerprint density at radius 2 is 1.42 bits per heavy atom. The van der Waals surface area contributed by atoms with E-state index >= 15 is 0 Å². The molecule has 1 aliphatic rings. The molecular weight excluding hydrogens is 288 g/mol. The highest BCUT2D eigenvalue weighted by molar-refractivity contribution is 5.69. The molecule has 2 aromatic rings. The van der Waals surface area contributed by atoms with Crippen molar-refractivity contribution in [3.63, 3.8) is 0 Å². The number of hydrogen-bond acceptors (Lipinski definition) is 0. The van der Waals surface area contributed by atoms with Gasteiger partial charge in [-0.15, -0.1) is 0 Å². The summed E-state index contributed by atoms with van der Waals surface area (Å²) in [6, 6.07) is 14.4. The second-order valence-electron chi connectivity index (χ2n) is 7.30. The summed E-state index contributed by atoms with van der Waals surface area (Å²) in [5, 5.41) is 0. The SMILES string of the molecule is CCc1ccc(-c2ccc(C3CCCCC3)cc2CC)cc1CC. The molecule has 0 amide bonds. The van der Waals surface area contributed by atoms with E-state index < -0.39 is 0 Å². The molecule has 24 heavy (non-hydrogen) atoms. The minimum atomic E-state index is 0.798. The molecular formula is C24H32. The van der Waals surface area contributed by atoms with Crippen molar-refractivity contribution >= 4 is 0 Å². The van der Waals surface area contributed by atoms with Crippen molar-refractivity contribution in [2.45, 2.75) is 78.1 Å². The Hall–Kier alpha value is -1.56. The van der Waals surface area contributed by atoms with Crippen molar-refractivity contribution < 1.29 is 0 Å². The Bertz CT molecular complexity index is 674. The summed E-state index contributed by atoms with van der Waals surface area (Å²) in [7, 11) is 0. The monoisotopic (exact) mass is 320 g/mol. The predicted octanol–water partition coefficient (Wildman–Crippen LogP) is 7.09. The zero-order valence-electron chi connectivity index (χ0n) is 15.7. The van der Waals surface area contributed by atoms with E-state index in [0.717, 1.165) is 25.2 Å². The molecule has 0 radical (unpaired) electrons. The highest BCUT2D eigenvalue weighted by Crippen LogP contribution is 2.35. The first-order valence-corrected chi connectivity index (χ1v) is 10.0. The minimum absolute atomic E-state index is 0.798. The molecule has 0 N–H and O–H groups in total. The summed E-state index contributed by atoms with van der Waals surface area (Å²) >= 11 is 0. The largest absolute Gasteiger partial charge is 0.0613 e. The van der Waals surface area contributed by atoms with Gasteiger partial charge in [-0.2, -0.15) is 0 Å². The molecule has 0 atom stereocenters. The molecule has 128 valence electrons. The van der Waals surface area contributed by atoms with Crippen LogP contribution in [0.15, 0.2) is 36.4 Å². The topological polar surface area (TPSA) is 0 Å². The molecule has 0 bridgehead atoms. The number of benzene rings is 2. The van der Waals surface area contributed by atoms with Crippen LogP contribution in [0.1, 0.15) is 81.0 Å². The van der Waals surface area contributed by atoms with Crippen LogP contribution in [0, 0.1) is 0 Å². The molecule has 1 saturated carbocycles. The third-order valence-corrected chi connectivity index (χ3v) is 5.87. The Morgan fingerprint density at radius 1 is 0.708 bits per heavy atom. The lowest BCUT2D eigenvalue weighted by Gasteiger charge is -2.23. The average Bonchev–Trinajstić information content (AvgIpc) is 2.67. The number of rotatable bonds is 5. The maximum absolute atomic E-state index is 2.50. The summed E-state index contributed by atoms with van der Waals surface area (Å²) in [4.78, 5) is 0. The first-order valence-electron chi connectivity index (χ1n) is 10.0. The third kappa shape index (κ3) is 3.58. The van der Waals surface area contributed by atoms with Crippen LogP contribution in [0.3, 0.4) is 0 Å². The molecule has 0 aliphatic heterocycles. The van der Waals surface area contributed by atoms with Crippen LogP contribution in [0.25, 0.3) is 11.1 Å². The van der Waals surface area contributed by atoms with Gasteiger partial charge in [0.05, 0.1) is 0 Å². The molecule has 0 heterocycles. The Morgan fingerprint density at radius 3 is 2.08 bits per heavy atom. The molecule has 1 fully saturated rings. The lowest BCUT2D eigenvalue weighted by Crippen LogP contribution is -2.05. The van der Waals surface area contributed by atoms with Crippen LogP contribution in [0.4, 0.5) is 0 Å². The van der Waals surface area contributed by atoms with Crippen molar-refractivity contribution in [1.29, 1.82) is 0 Å². The van der Waals surface area contributed by atoms with Gasteiger partial charge in [0.2, 0.25) is 0 Å². The van der Waals surface area contributed by atoms with Crippen LogP contribution in [-0.2, 0) is 19.3 Å². The van der Waals surface area contributed by atoms with Crippen LogP contribution in [-0.4, -0.2) is 0 Å². The van der Waals surface area contributed by atoms with Crippen LogP contribution >= 0.6 is 0 Å². The summed E-state index contributed by atoms with van der Waals surface area (Å²) in [5.41, 5.74) is 8.94. The first kappa shape index (κ1) is 17.3. The molecule has 0 nitrogen and oxygen atoms in total. The van der Waals surface area contributed by atoms with Gasteiger partial charge < -0.3 is 0 Å². The van der Waals surface area contributed by atoms with Crippen molar-refractivity contribution in [1.82, 2.24) is 0 Å². The van der Waals surface area contributed by atoms with E-state index in [1.54, 1.807) is 5.56 Å². The third-order valence-electron chi connectivity index (χ3n) is 5.87. The van der Waals surface area contributed by atoms with Crippen molar-refractivity contribution in [2.24, 2.45) is 0 Å². The molecule has 0 unspecified atom stereocenters. The smallest absolute Gasteiger partial charge is 0.0152 e. The minimum Gasteiger partial charge on any atom is -0.0613 e. The Balaban J connectivity index is 1.95. The second kappa shape index (κ2) is 8.01. The fourth-order valence-electron chi connectivity index (χ4n) is 4.35. The van der Waals surface area contributed by atoms with Gasteiger partial charge in [0, 0.05) is 0 Å². The van der Waals surface area contributed by atoms with Crippen molar-refractivity contribution in [3.05, 3.63) is 58.7 Å². The summed E-state index contributed by atoms with van der Waals surface area (Å²) in [5.74, 6) is 0.798. The maximum atomic E-state index is 2.50. The summed E-state index contributed by atoms with van der Waals surface area (Å²) in [6.07, 6.45) is 10.4. The van der Waals surface area contributed by atoms with Crippen molar-refractivity contribution in [2.75, 3.05) is 0 Å². The van der Waals surface area contributed by atoms with E-state index in [0.29, 0.717) is 0 Å². The van der Waals surface area contributed by atoms with Gasteiger partial charge in [-0.25, -0.2) is 0 Å². The van der Waals surface area contributed by atoms with Gasteiger partial charge in [-0.3, -0.25) is 0 Å². The molecule has 0 saturated heterocycles. The van der Waals surface area contributed by atoms with Gasteiger partial charge in [0.15, 0.2) is 0 Å². The highest BCUT2D eigenvalue weighted by Gasteiger charge is 2.17. The standard InChI is InChI=1S/C24H32/c1-4-18-12-13-23(16-19(18)5-2)24-15-14-22(17-20(24)6-3)21-10-8-7-9-11-21/h12-17,21H,4-11H2,1-3H3.